The predicted octanol–water partition coefficient (Wildman–Crippen LogP) is 0.728. The molecule has 1 N–H and O–H groups in total. The molecule has 2 aliphatic heterocycles. The van der Waals surface area contributed by atoms with Gasteiger partial charge in [0.05, 0.1) is 41.8 Å². The van der Waals surface area contributed by atoms with Gasteiger partial charge in [0.1, 0.15) is 5.75 Å². The summed E-state index contributed by atoms with van der Waals surface area (Å²) in [5.74, 6) is 0.555. The molecule has 2 heterocycles. The third-order valence-corrected chi connectivity index (χ3v) is 7.25. The Kier molecular flexibility index (Phi) is 6.49. The highest BCUT2D eigenvalue weighted by molar-refractivity contribution is 7.91. The number of benzene rings is 1. The first-order chi connectivity index (χ1) is 12.9. The van der Waals surface area contributed by atoms with Crippen molar-refractivity contribution in [2.45, 2.75) is 18.3 Å². The molecule has 3 rings (SSSR count). The Bertz CT molecular complexity index is 766. The Morgan fingerprint density at radius 2 is 1.93 bits per heavy atom. The number of carbonyl (C=O) groups excluding carboxylic acids is 1. The number of rotatable bonds is 6. The van der Waals surface area contributed by atoms with Gasteiger partial charge in [0.25, 0.3) is 0 Å². The van der Waals surface area contributed by atoms with Crippen molar-refractivity contribution in [1.29, 1.82) is 0 Å². The minimum atomic E-state index is -3.15. The number of hydrogen-bond acceptors (Lipinski definition) is 6. The van der Waals surface area contributed by atoms with Crippen LogP contribution in [0.3, 0.4) is 0 Å². The maximum atomic E-state index is 12.3. The van der Waals surface area contributed by atoms with E-state index in [0.29, 0.717) is 6.61 Å². The van der Waals surface area contributed by atoms with Crippen LogP contribution in [0.25, 0.3) is 0 Å². The molecule has 0 aromatic heterocycles. The Labute approximate surface area is 165 Å². The normalized spacial score (nSPS) is 25.3. The van der Waals surface area contributed by atoms with E-state index >= 15 is 0 Å². The number of ether oxygens (including phenoxy) is 1. The van der Waals surface area contributed by atoms with E-state index in [4.69, 9.17) is 16.3 Å². The molecule has 0 unspecified atom stereocenters. The number of nitrogens with one attached hydrogen (secondary N) is 1. The van der Waals surface area contributed by atoms with Gasteiger partial charge in [0, 0.05) is 26.2 Å². The van der Waals surface area contributed by atoms with E-state index in [0.717, 1.165) is 37.6 Å². The van der Waals surface area contributed by atoms with Gasteiger partial charge in [-0.1, -0.05) is 12.1 Å². The summed E-state index contributed by atoms with van der Waals surface area (Å²) in [6, 6.07) is 7.48. The highest BCUT2D eigenvalue weighted by atomic mass is 35.5. The average Bonchev–Trinajstić information content (AvgIpc) is 2.88. The lowest BCUT2D eigenvalue weighted by Crippen LogP contribution is -2.51. The number of anilines is 1. The molecule has 2 atom stereocenters. The third-order valence-electron chi connectivity index (χ3n) is 4.87. The number of nitrogens with zero attached hydrogens (tertiary/aromatic N) is 2. The summed E-state index contributed by atoms with van der Waals surface area (Å²) in [6.07, 6.45) is 0. The molecule has 27 heavy (non-hydrogen) atoms. The van der Waals surface area contributed by atoms with Gasteiger partial charge in [-0.2, -0.15) is 0 Å². The molecule has 2 aliphatic rings. The smallest absolute Gasteiger partial charge is 0.234 e. The molecule has 0 spiro atoms. The second-order valence-corrected chi connectivity index (χ2v) is 9.65. The third kappa shape index (κ3) is 5.27. The molecule has 2 saturated heterocycles. The van der Waals surface area contributed by atoms with E-state index in [-0.39, 0.29) is 24.0 Å². The topological polar surface area (TPSA) is 79.0 Å². The van der Waals surface area contributed by atoms with Crippen LogP contribution >= 0.6 is 11.6 Å². The molecule has 0 saturated carbocycles. The van der Waals surface area contributed by atoms with Crippen LogP contribution < -0.4 is 15.0 Å². The number of halogens is 1. The van der Waals surface area contributed by atoms with Crippen molar-refractivity contribution < 1.29 is 17.9 Å². The van der Waals surface area contributed by atoms with Crippen LogP contribution in [-0.4, -0.2) is 81.5 Å². The fourth-order valence-electron chi connectivity index (χ4n) is 3.54. The molecule has 1 amide bonds. The van der Waals surface area contributed by atoms with Gasteiger partial charge in [-0.15, -0.1) is 11.6 Å². The van der Waals surface area contributed by atoms with Crippen LogP contribution in [0.4, 0.5) is 5.69 Å². The Balaban J connectivity index is 1.49. The molecule has 150 valence electrons. The Morgan fingerprint density at radius 1 is 1.22 bits per heavy atom. The first kappa shape index (κ1) is 20.2. The van der Waals surface area contributed by atoms with Gasteiger partial charge in [-0.3, -0.25) is 9.69 Å². The largest absolute Gasteiger partial charge is 0.492 e. The van der Waals surface area contributed by atoms with Crippen LogP contribution in [0.1, 0.15) is 6.92 Å². The second-order valence-electron chi connectivity index (χ2n) is 6.93. The SMILES string of the molecule is CCOc1ccccc1N1CCN(CC(=O)N[C@@H]2CS(=O)(=O)C[C@@H]2Cl)CC1. The van der Waals surface area contributed by atoms with E-state index in [2.05, 4.69) is 21.2 Å². The highest BCUT2D eigenvalue weighted by Crippen LogP contribution is 2.28. The standard InChI is InChI=1S/C18H26ClN3O4S/c1-2-26-17-6-4-3-5-16(17)22-9-7-21(8-10-22)11-18(23)20-15-13-27(24,25)12-14(15)19/h3-6,14-15H,2,7-13H2,1H3,(H,20,23)/t14-,15+/m0/s1. The van der Waals surface area contributed by atoms with Gasteiger partial charge < -0.3 is 15.0 Å². The number of para-hydroxylation sites is 2. The van der Waals surface area contributed by atoms with Crippen molar-refractivity contribution in [3.63, 3.8) is 0 Å². The summed E-state index contributed by atoms with van der Waals surface area (Å²) in [7, 11) is -3.15. The monoisotopic (exact) mass is 415 g/mol. The number of sulfone groups is 1. The molecule has 0 aliphatic carbocycles. The van der Waals surface area contributed by atoms with Crippen molar-refractivity contribution in [2.24, 2.45) is 0 Å². The molecule has 1 aromatic rings. The van der Waals surface area contributed by atoms with Crippen LogP contribution in [0.15, 0.2) is 24.3 Å². The van der Waals surface area contributed by atoms with Crippen molar-refractivity contribution in [1.82, 2.24) is 10.2 Å². The van der Waals surface area contributed by atoms with E-state index in [1.54, 1.807) is 0 Å². The predicted molar refractivity (Wildman–Crippen MR) is 106 cm³/mol. The lowest BCUT2D eigenvalue weighted by Gasteiger charge is -2.36. The van der Waals surface area contributed by atoms with Gasteiger partial charge >= 0.3 is 0 Å². The summed E-state index contributed by atoms with van der Waals surface area (Å²) < 4.78 is 28.9. The number of carbonyl (C=O) groups is 1. The molecule has 9 heteroatoms. The number of piperazine rings is 1. The number of amides is 1. The minimum absolute atomic E-state index is 0.0720. The second kappa shape index (κ2) is 8.67. The van der Waals surface area contributed by atoms with E-state index in [9.17, 15) is 13.2 Å². The van der Waals surface area contributed by atoms with Gasteiger partial charge in [0.15, 0.2) is 9.84 Å². The van der Waals surface area contributed by atoms with Crippen molar-refractivity contribution in [3.05, 3.63) is 24.3 Å². The van der Waals surface area contributed by atoms with Crippen LogP contribution in [0.5, 0.6) is 5.75 Å². The first-order valence-corrected chi connectivity index (χ1v) is 11.5. The molecule has 0 bridgehead atoms. The summed E-state index contributed by atoms with van der Waals surface area (Å²) in [6.45, 7) is 5.94. The van der Waals surface area contributed by atoms with Crippen molar-refractivity contribution in [2.75, 3.05) is 55.7 Å². The molecule has 7 nitrogen and oxygen atoms in total. The van der Waals surface area contributed by atoms with Crippen LogP contribution in [0, 0.1) is 0 Å². The van der Waals surface area contributed by atoms with Crippen molar-refractivity contribution in [3.8, 4) is 5.75 Å². The lowest BCUT2D eigenvalue weighted by molar-refractivity contribution is -0.122. The zero-order chi connectivity index (χ0) is 19.4. The van der Waals surface area contributed by atoms with Gasteiger partial charge in [-0.05, 0) is 19.1 Å². The molecular formula is C18H26ClN3O4S. The average molecular weight is 416 g/mol. The minimum Gasteiger partial charge on any atom is -0.492 e. The summed E-state index contributed by atoms with van der Waals surface area (Å²) in [5.41, 5.74) is 1.07. The zero-order valence-corrected chi connectivity index (χ0v) is 17.0. The molecule has 2 fully saturated rings. The summed E-state index contributed by atoms with van der Waals surface area (Å²) in [4.78, 5) is 16.6. The first-order valence-electron chi connectivity index (χ1n) is 9.21. The van der Waals surface area contributed by atoms with E-state index in [1.165, 1.54) is 0 Å². The zero-order valence-electron chi connectivity index (χ0n) is 15.4. The Hall–Kier alpha value is -1.51. The molecule has 0 radical (unpaired) electrons. The molecular weight excluding hydrogens is 390 g/mol. The maximum Gasteiger partial charge on any atom is 0.234 e. The van der Waals surface area contributed by atoms with Crippen molar-refractivity contribution >= 4 is 33.0 Å². The molecule has 1 aromatic carbocycles. The van der Waals surface area contributed by atoms with E-state index in [1.807, 2.05) is 25.1 Å². The summed E-state index contributed by atoms with van der Waals surface area (Å²) >= 11 is 6.05. The number of alkyl halides is 1. The number of hydrogen-bond donors (Lipinski definition) is 1. The van der Waals surface area contributed by atoms with Crippen LogP contribution in [0.2, 0.25) is 0 Å². The van der Waals surface area contributed by atoms with Gasteiger partial charge in [-0.25, -0.2) is 8.42 Å². The highest BCUT2D eigenvalue weighted by Gasteiger charge is 2.37. The Morgan fingerprint density at radius 3 is 2.56 bits per heavy atom. The lowest BCUT2D eigenvalue weighted by atomic mass is 10.2. The quantitative estimate of drug-likeness (QED) is 0.690. The fraction of sp³-hybridized carbons (Fsp3) is 0.611. The van der Waals surface area contributed by atoms with E-state index < -0.39 is 21.3 Å². The fourth-order valence-corrected chi connectivity index (χ4v) is 6.09. The van der Waals surface area contributed by atoms with Gasteiger partial charge in [0.2, 0.25) is 5.91 Å². The maximum absolute atomic E-state index is 12.3. The van der Waals surface area contributed by atoms with Crippen LogP contribution in [-0.2, 0) is 14.6 Å². The summed E-state index contributed by atoms with van der Waals surface area (Å²) in [5, 5.41) is 2.22.